The van der Waals surface area contributed by atoms with Gasteiger partial charge in [-0.25, -0.2) is 4.98 Å². The standard InChI is InChI=1S/C13H12BrN3O2S/c1-20-7-11-15-10(6-12(18)17-11)13(19)16-9-5-3-2-4-8(9)14/h2-6H,7H2,1H3,(H,16,19)(H,15,17,18). The van der Waals surface area contributed by atoms with Crippen LogP contribution in [0.2, 0.25) is 0 Å². The lowest BCUT2D eigenvalue weighted by atomic mass is 10.3. The summed E-state index contributed by atoms with van der Waals surface area (Å²) in [6.07, 6.45) is 1.90. The first kappa shape index (κ1) is 14.8. The molecule has 0 bridgehead atoms. The fourth-order valence-electron chi connectivity index (χ4n) is 1.58. The normalized spacial score (nSPS) is 10.3. The lowest BCUT2D eigenvalue weighted by Crippen LogP contribution is -2.20. The number of amides is 1. The van der Waals surface area contributed by atoms with Gasteiger partial charge in [0.05, 0.1) is 11.4 Å². The number of nitrogens with one attached hydrogen (secondary N) is 2. The number of thioether (sulfide) groups is 1. The van der Waals surface area contributed by atoms with Crippen molar-refractivity contribution in [3.63, 3.8) is 0 Å². The molecule has 0 aliphatic heterocycles. The fraction of sp³-hybridized carbons (Fsp3) is 0.154. The third kappa shape index (κ3) is 3.71. The van der Waals surface area contributed by atoms with Gasteiger partial charge in [0.2, 0.25) is 0 Å². The van der Waals surface area contributed by atoms with Crippen molar-refractivity contribution in [2.45, 2.75) is 5.75 Å². The van der Waals surface area contributed by atoms with E-state index in [1.165, 1.54) is 17.8 Å². The highest BCUT2D eigenvalue weighted by Gasteiger charge is 2.11. The van der Waals surface area contributed by atoms with E-state index in [4.69, 9.17) is 0 Å². The molecule has 104 valence electrons. The van der Waals surface area contributed by atoms with Gasteiger partial charge in [-0.2, -0.15) is 11.8 Å². The zero-order valence-electron chi connectivity index (χ0n) is 10.6. The number of halogens is 1. The van der Waals surface area contributed by atoms with E-state index in [-0.39, 0.29) is 11.3 Å². The van der Waals surface area contributed by atoms with Crippen molar-refractivity contribution < 1.29 is 4.79 Å². The second-order valence-corrected chi connectivity index (χ2v) is 5.66. The number of rotatable bonds is 4. The van der Waals surface area contributed by atoms with Gasteiger partial charge in [0.15, 0.2) is 0 Å². The Labute approximate surface area is 128 Å². The van der Waals surface area contributed by atoms with E-state index in [9.17, 15) is 9.59 Å². The topological polar surface area (TPSA) is 74.8 Å². The van der Waals surface area contributed by atoms with Gasteiger partial charge in [0.1, 0.15) is 11.5 Å². The number of hydrogen-bond acceptors (Lipinski definition) is 4. The zero-order chi connectivity index (χ0) is 14.5. The molecule has 0 unspecified atom stereocenters. The third-order valence-corrected chi connectivity index (χ3v) is 3.68. The minimum Gasteiger partial charge on any atom is -0.320 e. The average molecular weight is 354 g/mol. The Kier molecular flexibility index (Phi) is 4.97. The van der Waals surface area contributed by atoms with E-state index in [1.54, 1.807) is 6.07 Å². The molecule has 0 aliphatic carbocycles. The summed E-state index contributed by atoms with van der Waals surface area (Å²) in [5, 5.41) is 2.72. The van der Waals surface area contributed by atoms with Crippen molar-refractivity contribution in [2.75, 3.05) is 11.6 Å². The second-order valence-electron chi connectivity index (χ2n) is 3.94. The molecule has 0 fully saturated rings. The Morgan fingerprint density at radius 1 is 1.45 bits per heavy atom. The molecule has 7 heteroatoms. The highest BCUT2D eigenvalue weighted by atomic mass is 79.9. The Morgan fingerprint density at radius 2 is 2.20 bits per heavy atom. The predicted molar refractivity (Wildman–Crippen MR) is 84.2 cm³/mol. The quantitative estimate of drug-likeness (QED) is 0.885. The Balaban J connectivity index is 2.25. The Morgan fingerprint density at radius 3 is 2.90 bits per heavy atom. The fourth-order valence-corrected chi connectivity index (χ4v) is 2.37. The average Bonchev–Trinajstić information content (AvgIpc) is 2.41. The van der Waals surface area contributed by atoms with E-state index in [0.717, 1.165) is 4.47 Å². The summed E-state index contributed by atoms with van der Waals surface area (Å²) in [5.41, 5.74) is 0.404. The summed E-state index contributed by atoms with van der Waals surface area (Å²) in [6.45, 7) is 0. The number of carbonyl (C=O) groups excluding carboxylic acids is 1. The number of nitrogens with zero attached hydrogens (tertiary/aromatic N) is 1. The molecule has 2 N–H and O–H groups in total. The van der Waals surface area contributed by atoms with Gasteiger partial charge in [-0.05, 0) is 34.3 Å². The third-order valence-electron chi connectivity index (χ3n) is 2.43. The van der Waals surface area contributed by atoms with Crippen LogP contribution < -0.4 is 10.9 Å². The molecule has 0 saturated carbocycles. The molecular formula is C13H12BrN3O2S. The van der Waals surface area contributed by atoms with Crippen molar-refractivity contribution >= 4 is 39.3 Å². The number of hydrogen-bond donors (Lipinski definition) is 2. The summed E-state index contributed by atoms with van der Waals surface area (Å²) in [5.74, 6) is 0.624. The Bertz CT molecular complexity index is 687. The number of H-pyrrole nitrogens is 1. The molecule has 0 atom stereocenters. The lowest BCUT2D eigenvalue weighted by Gasteiger charge is -2.07. The molecule has 20 heavy (non-hydrogen) atoms. The molecule has 1 aromatic carbocycles. The van der Waals surface area contributed by atoms with Gasteiger partial charge in [-0.15, -0.1) is 0 Å². The summed E-state index contributed by atoms with van der Waals surface area (Å²) in [4.78, 5) is 30.4. The van der Waals surface area contributed by atoms with Gasteiger partial charge in [-0.1, -0.05) is 12.1 Å². The maximum absolute atomic E-state index is 12.1. The molecular weight excluding hydrogens is 342 g/mol. The summed E-state index contributed by atoms with van der Waals surface area (Å²) in [7, 11) is 0. The van der Waals surface area contributed by atoms with Crippen molar-refractivity contribution in [3.05, 3.63) is 56.7 Å². The first-order valence-corrected chi connectivity index (χ1v) is 7.94. The number of anilines is 1. The van der Waals surface area contributed by atoms with Crippen LogP contribution in [0.5, 0.6) is 0 Å². The number of carbonyl (C=O) groups is 1. The maximum atomic E-state index is 12.1. The van der Waals surface area contributed by atoms with Gasteiger partial charge in [-0.3, -0.25) is 9.59 Å². The van der Waals surface area contributed by atoms with Crippen LogP contribution in [-0.2, 0) is 5.75 Å². The van der Waals surface area contributed by atoms with Gasteiger partial charge in [0, 0.05) is 10.5 Å². The van der Waals surface area contributed by atoms with Crippen LogP contribution in [0.3, 0.4) is 0 Å². The molecule has 1 heterocycles. The largest absolute Gasteiger partial charge is 0.320 e. The van der Waals surface area contributed by atoms with E-state index in [0.29, 0.717) is 17.3 Å². The van der Waals surface area contributed by atoms with Crippen molar-refractivity contribution in [3.8, 4) is 0 Å². The van der Waals surface area contributed by atoms with Crippen LogP contribution >= 0.6 is 27.7 Å². The lowest BCUT2D eigenvalue weighted by molar-refractivity contribution is 0.102. The number of benzene rings is 1. The molecule has 2 rings (SSSR count). The minimum atomic E-state index is -0.412. The smallest absolute Gasteiger partial charge is 0.274 e. The second kappa shape index (κ2) is 6.71. The number of aromatic amines is 1. The summed E-state index contributed by atoms with van der Waals surface area (Å²) in [6, 6.07) is 8.43. The molecule has 0 radical (unpaired) electrons. The van der Waals surface area contributed by atoms with Gasteiger partial charge in [0.25, 0.3) is 11.5 Å². The monoisotopic (exact) mass is 353 g/mol. The molecule has 0 spiro atoms. The van der Waals surface area contributed by atoms with Gasteiger partial charge >= 0.3 is 0 Å². The predicted octanol–water partition coefficient (Wildman–Crippen LogP) is 2.65. The molecule has 1 aromatic heterocycles. The molecule has 5 nitrogen and oxygen atoms in total. The van der Waals surface area contributed by atoms with E-state index < -0.39 is 5.91 Å². The number of para-hydroxylation sites is 1. The van der Waals surface area contributed by atoms with E-state index in [2.05, 4.69) is 31.2 Å². The highest BCUT2D eigenvalue weighted by Crippen LogP contribution is 2.21. The zero-order valence-corrected chi connectivity index (χ0v) is 13.0. The van der Waals surface area contributed by atoms with Crippen LogP contribution in [0, 0.1) is 0 Å². The molecule has 0 saturated heterocycles. The van der Waals surface area contributed by atoms with E-state index >= 15 is 0 Å². The number of aromatic nitrogens is 2. The van der Waals surface area contributed by atoms with Crippen molar-refractivity contribution in [2.24, 2.45) is 0 Å². The van der Waals surface area contributed by atoms with Crippen LogP contribution in [0.15, 0.2) is 39.6 Å². The maximum Gasteiger partial charge on any atom is 0.274 e. The van der Waals surface area contributed by atoms with Crippen LogP contribution in [-0.4, -0.2) is 22.1 Å². The van der Waals surface area contributed by atoms with Crippen molar-refractivity contribution in [1.82, 2.24) is 9.97 Å². The minimum absolute atomic E-state index is 0.105. The van der Waals surface area contributed by atoms with E-state index in [1.807, 2.05) is 24.5 Å². The first-order chi connectivity index (χ1) is 9.60. The van der Waals surface area contributed by atoms with Crippen molar-refractivity contribution in [1.29, 1.82) is 0 Å². The van der Waals surface area contributed by atoms with Crippen LogP contribution in [0.25, 0.3) is 0 Å². The first-order valence-electron chi connectivity index (χ1n) is 5.75. The summed E-state index contributed by atoms with van der Waals surface area (Å²) < 4.78 is 0.766. The molecule has 0 aliphatic rings. The van der Waals surface area contributed by atoms with Gasteiger partial charge < -0.3 is 10.3 Å². The summed E-state index contributed by atoms with van der Waals surface area (Å²) >= 11 is 4.86. The molecule has 1 amide bonds. The van der Waals surface area contributed by atoms with Crippen LogP contribution in [0.1, 0.15) is 16.3 Å². The Hall–Kier alpha value is -1.60. The highest BCUT2D eigenvalue weighted by molar-refractivity contribution is 9.10. The van der Waals surface area contributed by atoms with Crippen LogP contribution in [0.4, 0.5) is 5.69 Å². The SMILES string of the molecule is CSCc1nc(C(=O)Nc2ccccc2Br)cc(=O)[nH]1. The molecule has 2 aromatic rings.